The van der Waals surface area contributed by atoms with Crippen LogP contribution in [-0.2, 0) is 6.54 Å². The number of halogens is 1. The fourth-order valence-electron chi connectivity index (χ4n) is 2.08. The summed E-state index contributed by atoms with van der Waals surface area (Å²) in [5.41, 5.74) is 2.42. The molecule has 1 aromatic carbocycles. The van der Waals surface area contributed by atoms with Crippen LogP contribution in [0.3, 0.4) is 0 Å². The van der Waals surface area contributed by atoms with Crippen LogP contribution in [0.25, 0.3) is 0 Å². The summed E-state index contributed by atoms with van der Waals surface area (Å²) in [6.07, 6.45) is 0. The van der Waals surface area contributed by atoms with Gasteiger partial charge in [0.15, 0.2) is 0 Å². The molecule has 21 heavy (non-hydrogen) atoms. The zero-order valence-corrected chi connectivity index (χ0v) is 12.5. The van der Waals surface area contributed by atoms with Gasteiger partial charge in [0.2, 0.25) is 5.95 Å². The highest BCUT2D eigenvalue weighted by molar-refractivity contribution is 5.92. The molecule has 0 atom stereocenters. The van der Waals surface area contributed by atoms with Crippen LogP contribution in [0.1, 0.15) is 41.4 Å². The molecule has 0 spiro atoms. The summed E-state index contributed by atoms with van der Waals surface area (Å²) in [6, 6.07) is 12.4. The topological polar surface area (TPSA) is 33.2 Å². The van der Waals surface area contributed by atoms with Gasteiger partial charge in [-0.2, -0.15) is 4.39 Å². The van der Waals surface area contributed by atoms with E-state index < -0.39 is 5.95 Å². The smallest absolute Gasteiger partial charge is 0.272 e. The van der Waals surface area contributed by atoms with E-state index in [1.165, 1.54) is 28.7 Å². The lowest BCUT2D eigenvalue weighted by Crippen LogP contribution is -2.27. The minimum atomic E-state index is -0.643. The summed E-state index contributed by atoms with van der Waals surface area (Å²) in [4.78, 5) is 17.3. The zero-order chi connectivity index (χ0) is 15.4. The Balaban J connectivity index is 2.07. The van der Waals surface area contributed by atoms with Gasteiger partial charge < -0.3 is 4.90 Å². The summed E-state index contributed by atoms with van der Waals surface area (Å²) >= 11 is 0. The van der Waals surface area contributed by atoms with E-state index in [2.05, 4.69) is 31.0 Å². The predicted octanol–water partition coefficient (Wildman–Crippen LogP) is 3.62. The normalized spacial score (nSPS) is 10.7. The average molecular weight is 286 g/mol. The Bertz CT molecular complexity index is 623. The summed E-state index contributed by atoms with van der Waals surface area (Å²) in [6.45, 7) is 4.75. The van der Waals surface area contributed by atoms with Crippen molar-refractivity contribution in [2.24, 2.45) is 0 Å². The first-order chi connectivity index (χ1) is 9.97. The Hall–Kier alpha value is -2.23. The first-order valence-corrected chi connectivity index (χ1v) is 6.94. The molecule has 2 aromatic rings. The molecule has 1 heterocycles. The van der Waals surface area contributed by atoms with Gasteiger partial charge in [-0.25, -0.2) is 4.98 Å². The highest BCUT2D eigenvalue weighted by atomic mass is 19.1. The number of amides is 1. The van der Waals surface area contributed by atoms with Gasteiger partial charge in [0.25, 0.3) is 5.91 Å². The monoisotopic (exact) mass is 286 g/mol. The van der Waals surface area contributed by atoms with Crippen LogP contribution in [0.4, 0.5) is 4.39 Å². The zero-order valence-electron chi connectivity index (χ0n) is 12.5. The summed E-state index contributed by atoms with van der Waals surface area (Å²) in [7, 11) is 1.69. The molecule has 0 aliphatic carbocycles. The first kappa shape index (κ1) is 15.2. The molecule has 0 radical (unpaired) electrons. The molecule has 1 aromatic heterocycles. The van der Waals surface area contributed by atoms with E-state index in [4.69, 9.17) is 0 Å². The van der Waals surface area contributed by atoms with Crippen LogP contribution in [0.5, 0.6) is 0 Å². The minimum Gasteiger partial charge on any atom is -0.336 e. The largest absolute Gasteiger partial charge is 0.336 e. The van der Waals surface area contributed by atoms with Crippen LogP contribution in [0.15, 0.2) is 42.5 Å². The van der Waals surface area contributed by atoms with Gasteiger partial charge in [-0.3, -0.25) is 4.79 Å². The maximum atomic E-state index is 13.1. The lowest BCUT2D eigenvalue weighted by Gasteiger charge is -2.17. The van der Waals surface area contributed by atoms with Crippen LogP contribution < -0.4 is 0 Å². The highest BCUT2D eigenvalue weighted by Crippen LogP contribution is 2.15. The van der Waals surface area contributed by atoms with Gasteiger partial charge in [0, 0.05) is 13.6 Å². The van der Waals surface area contributed by atoms with E-state index in [1.54, 1.807) is 7.05 Å². The second-order valence-corrected chi connectivity index (χ2v) is 5.40. The Morgan fingerprint density at radius 3 is 2.43 bits per heavy atom. The molecule has 0 fully saturated rings. The first-order valence-electron chi connectivity index (χ1n) is 6.94. The number of hydrogen-bond donors (Lipinski definition) is 0. The van der Waals surface area contributed by atoms with Crippen molar-refractivity contribution >= 4 is 5.91 Å². The number of pyridine rings is 1. The molecule has 0 saturated carbocycles. The lowest BCUT2D eigenvalue weighted by atomic mass is 10.0. The molecular weight excluding hydrogens is 267 g/mol. The molecule has 0 N–H and O–H groups in total. The second kappa shape index (κ2) is 6.48. The number of rotatable bonds is 4. The van der Waals surface area contributed by atoms with Crippen molar-refractivity contribution in [2.45, 2.75) is 26.3 Å². The molecule has 3 nitrogen and oxygen atoms in total. The maximum absolute atomic E-state index is 13.1. The molecule has 0 aliphatic heterocycles. The van der Waals surface area contributed by atoms with Crippen LogP contribution >= 0.6 is 0 Å². The van der Waals surface area contributed by atoms with Gasteiger partial charge in [0.05, 0.1) is 0 Å². The van der Waals surface area contributed by atoms with E-state index in [0.29, 0.717) is 12.5 Å². The summed E-state index contributed by atoms with van der Waals surface area (Å²) < 4.78 is 13.1. The maximum Gasteiger partial charge on any atom is 0.272 e. The highest BCUT2D eigenvalue weighted by Gasteiger charge is 2.14. The van der Waals surface area contributed by atoms with E-state index in [0.717, 1.165) is 5.56 Å². The molecule has 110 valence electrons. The van der Waals surface area contributed by atoms with Crippen molar-refractivity contribution in [1.29, 1.82) is 0 Å². The Morgan fingerprint density at radius 2 is 1.86 bits per heavy atom. The van der Waals surface area contributed by atoms with E-state index in [9.17, 15) is 9.18 Å². The molecule has 1 amide bonds. The van der Waals surface area contributed by atoms with Gasteiger partial charge in [0.1, 0.15) is 5.69 Å². The molecule has 0 saturated heterocycles. The average Bonchev–Trinajstić information content (AvgIpc) is 2.47. The number of nitrogens with zero attached hydrogens (tertiary/aromatic N) is 2. The Morgan fingerprint density at radius 1 is 1.19 bits per heavy atom. The standard InChI is InChI=1S/C17H19FN2O/c1-12(2)14-9-7-13(8-10-14)11-20(3)17(21)15-5-4-6-16(18)19-15/h4-10,12H,11H2,1-3H3. The number of carbonyl (C=O) groups excluding carboxylic acids is 1. The van der Waals surface area contributed by atoms with Gasteiger partial charge >= 0.3 is 0 Å². The molecular formula is C17H19FN2O. The van der Waals surface area contributed by atoms with Crippen molar-refractivity contribution in [3.63, 3.8) is 0 Å². The quantitative estimate of drug-likeness (QED) is 0.804. The lowest BCUT2D eigenvalue weighted by molar-refractivity contribution is 0.0778. The number of aromatic nitrogens is 1. The molecule has 4 heteroatoms. The van der Waals surface area contributed by atoms with Gasteiger partial charge in [-0.15, -0.1) is 0 Å². The summed E-state index contributed by atoms with van der Waals surface area (Å²) in [5, 5.41) is 0. The van der Waals surface area contributed by atoms with Gasteiger partial charge in [-0.1, -0.05) is 44.2 Å². The second-order valence-electron chi connectivity index (χ2n) is 5.40. The minimum absolute atomic E-state index is 0.122. The Labute approximate surface area is 124 Å². The van der Waals surface area contributed by atoms with Crippen molar-refractivity contribution in [2.75, 3.05) is 7.05 Å². The number of hydrogen-bond acceptors (Lipinski definition) is 2. The van der Waals surface area contributed by atoms with Crippen molar-refractivity contribution in [3.05, 3.63) is 65.2 Å². The SMILES string of the molecule is CC(C)c1ccc(CN(C)C(=O)c2cccc(F)n2)cc1. The van der Waals surface area contributed by atoms with Crippen molar-refractivity contribution in [3.8, 4) is 0 Å². The third kappa shape index (κ3) is 3.88. The number of carbonyl (C=O) groups is 1. The fourth-order valence-corrected chi connectivity index (χ4v) is 2.08. The van der Waals surface area contributed by atoms with E-state index >= 15 is 0 Å². The predicted molar refractivity (Wildman–Crippen MR) is 80.5 cm³/mol. The molecule has 2 rings (SSSR count). The number of benzene rings is 1. The van der Waals surface area contributed by atoms with Crippen LogP contribution in [0.2, 0.25) is 0 Å². The fraction of sp³-hybridized carbons (Fsp3) is 0.294. The Kier molecular flexibility index (Phi) is 4.68. The van der Waals surface area contributed by atoms with Crippen molar-refractivity contribution in [1.82, 2.24) is 9.88 Å². The third-order valence-corrected chi connectivity index (χ3v) is 3.35. The summed E-state index contributed by atoms with van der Waals surface area (Å²) in [5.74, 6) is -0.451. The third-order valence-electron chi connectivity index (χ3n) is 3.35. The van der Waals surface area contributed by atoms with Crippen LogP contribution in [0, 0.1) is 5.95 Å². The molecule has 0 unspecified atom stereocenters. The molecule has 0 aliphatic rings. The van der Waals surface area contributed by atoms with Crippen molar-refractivity contribution < 1.29 is 9.18 Å². The van der Waals surface area contributed by atoms with Gasteiger partial charge in [-0.05, 0) is 29.2 Å². The van der Waals surface area contributed by atoms with Crippen LogP contribution in [-0.4, -0.2) is 22.8 Å². The van der Waals surface area contributed by atoms with E-state index in [-0.39, 0.29) is 11.6 Å². The molecule has 0 bridgehead atoms. The van der Waals surface area contributed by atoms with E-state index in [1.807, 2.05) is 12.1 Å².